The van der Waals surface area contributed by atoms with Crippen LogP contribution in [0.3, 0.4) is 0 Å². The van der Waals surface area contributed by atoms with Crippen molar-refractivity contribution in [3.63, 3.8) is 0 Å². The first kappa shape index (κ1) is 25.6. The number of ketones is 2. The van der Waals surface area contributed by atoms with Gasteiger partial charge in [-0.05, 0) is 84.3 Å². The molecule has 0 amide bonds. The lowest BCUT2D eigenvalue weighted by atomic mass is 9.82. The Kier molecular flexibility index (Phi) is 7.21. The number of sulfonamides is 1. The lowest BCUT2D eigenvalue weighted by Crippen LogP contribution is -2.39. The molecule has 8 heteroatoms. The van der Waals surface area contributed by atoms with E-state index >= 15 is 0 Å². The van der Waals surface area contributed by atoms with E-state index in [1.54, 1.807) is 43.5 Å². The largest absolute Gasteiger partial charge is 0.497 e. The van der Waals surface area contributed by atoms with E-state index in [-0.39, 0.29) is 34.8 Å². The van der Waals surface area contributed by atoms with Gasteiger partial charge in [-0.1, -0.05) is 41.9 Å². The number of benzene rings is 3. The van der Waals surface area contributed by atoms with Crippen LogP contribution in [0, 0.1) is 5.92 Å². The van der Waals surface area contributed by atoms with E-state index in [0.717, 1.165) is 16.7 Å². The third kappa shape index (κ3) is 5.35. The third-order valence-electron chi connectivity index (χ3n) is 7.40. The molecular formula is C29H28ClNO5S. The van der Waals surface area contributed by atoms with Crippen molar-refractivity contribution in [3.8, 4) is 5.75 Å². The maximum atomic E-state index is 13.3. The zero-order chi connectivity index (χ0) is 26.2. The van der Waals surface area contributed by atoms with Gasteiger partial charge in [0.05, 0.1) is 12.0 Å². The summed E-state index contributed by atoms with van der Waals surface area (Å²) >= 11 is 5.89. The van der Waals surface area contributed by atoms with E-state index in [4.69, 9.17) is 16.3 Å². The molecule has 0 aromatic heterocycles. The lowest BCUT2D eigenvalue weighted by Gasteiger charge is -2.27. The van der Waals surface area contributed by atoms with E-state index in [1.165, 1.54) is 12.1 Å². The number of carbonyl (C=O) groups excluding carboxylic acids is 2. The van der Waals surface area contributed by atoms with Crippen LogP contribution in [0.5, 0.6) is 5.75 Å². The summed E-state index contributed by atoms with van der Waals surface area (Å²) in [4.78, 5) is 26.3. The minimum atomic E-state index is -3.66. The fourth-order valence-electron chi connectivity index (χ4n) is 5.52. The van der Waals surface area contributed by atoms with Crippen molar-refractivity contribution < 1.29 is 22.7 Å². The number of halogens is 1. The molecule has 3 aromatic carbocycles. The Morgan fingerprint density at radius 1 is 0.973 bits per heavy atom. The summed E-state index contributed by atoms with van der Waals surface area (Å²) in [6.45, 7) is 0. The number of hydrogen-bond acceptors (Lipinski definition) is 5. The topological polar surface area (TPSA) is 89.5 Å². The molecule has 0 heterocycles. The maximum Gasteiger partial charge on any atom is 0.240 e. The lowest BCUT2D eigenvalue weighted by molar-refractivity contribution is -0.124. The molecule has 0 radical (unpaired) electrons. The van der Waals surface area contributed by atoms with E-state index in [9.17, 15) is 18.0 Å². The van der Waals surface area contributed by atoms with Gasteiger partial charge in [0.2, 0.25) is 10.0 Å². The van der Waals surface area contributed by atoms with Crippen molar-refractivity contribution in [1.82, 2.24) is 4.72 Å². The number of carbonyl (C=O) groups is 2. The van der Waals surface area contributed by atoms with Crippen LogP contribution in [0.2, 0.25) is 5.02 Å². The normalized spacial score (nSPS) is 21.6. The quantitative estimate of drug-likeness (QED) is 0.442. The summed E-state index contributed by atoms with van der Waals surface area (Å²) in [7, 11) is -2.08. The number of methoxy groups -OCH3 is 1. The highest BCUT2D eigenvalue weighted by molar-refractivity contribution is 7.89. The molecule has 2 aliphatic rings. The molecule has 192 valence electrons. The van der Waals surface area contributed by atoms with Crippen LogP contribution in [0.15, 0.2) is 71.6 Å². The molecule has 2 aliphatic carbocycles. The molecule has 1 N–H and O–H groups in total. The molecule has 3 aromatic rings. The van der Waals surface area contributed by atoms with Crippen LogP contribution in [0.25, 0.3) is 0 Å². The minimum Gasteiger partial charge on any atom is -0.497 e. The first-order valence-electron chi connectivity index (χ1n) is 12.3. The second-order valence-corrected chi connectivity index (χ2v) is 11.9. The van der Waals surface area contributed by atoms with Gasteiger partial charge < -0.3 is 4.74 Å². The van der Waals surface area contributed by atoms with Crippen molar-refractivity contribution in [1.29, 1.82) is 0 Å². The average molecular weight is 538 g/mol. The predicted octanol–water partition coefficient (Wildman–Crippen LogP) is 4.67. The monoisotopic (exact) mass is 537 g/mol. The number of nitrogens with one attached hydrogen (secondary N) is 1. The van der Waals surface area contributed by atoms with Gasteiger partial charge in [0, 0.05) is 23.4 Å². The van der Waals surface area contributed by atoms with Crippen LogP contribution >= 0.6 is 11.6 Å². The third-order valence-corrected chi connectivity index (χ3v) is 9.19. The SMILES string of the molecule is COc1ccc(C2C(=O)CC(Cc3cccc4c3CCC(NS(=O)(=O)c3ccc(Cl)cc3)C4)C2=O)cc1. The van der Waals surface area contributed by atoms with Crippen molar-refractivity contribution in [2.45, 2.75) is 49.0 Å². The molecule has 1 fully saturated rings. The Balaban J connectivity index is 1.29. The molecule has 3 unspecified atom stereocenters. The highest BCUT2D eigenvalue weighted by Gasteiger charge is 2.42. The molecular weight excluding hydrogens is 510 g/mol. The number of hydrogen-bond donors (Lipinski definition) is 1. The second-order valence-electron chi connectivity index (χ2n) is 9.75. The van der Waals surface area contributed by atoms with Crippen LogP contribution in [0.1, 0.15) is 41.0 Å². The van der Waals surface area contributed by atoms with Gasteiger partial charge in [0.15, 0.2) is 5.78 Å². The molecule has 0 aliphatic heterocycles. The molecule has 0 spiro atoms. The Morgan fingerprint density at radius 2 is 1.70 bits per heavy atom. The van der Waals surface area contributed by atoms with Crippen molar-refractivity contribution in [3.05, 3.63) is 94.0 Å². The highest BCUT2D eigenvalue weighted by Crippen LogP contribution is 2.36. The molecule has 0 saturated heterocycles. The van der Waals surface area contributed by atoms with Gasteiger partial charge in [0.25, 0.3) is 0 Å². The number of ether oxygens (including phenoxy) is 1. The average Bonchev–Trinajstić information content (AvgIpc) is 3.16. The maximum absolute atomic E-state index is 13.3. The van der Waals surface area contributed by atoms with Crippen LogP contribution in [-0.2, 0) is 38.9 Å². The van der Waals surface area contributed by atoms with Crippen LogP contribution in [-0.4, -0.2) is 33.1 Å². The molecule has 37 heavy (non-hydrogen) atoms. The van der Waals surface area contributed by atoms with Gasteiger partial charge in [-0.15, -0.1) is 0 Å². The Morgan fingerprint density at radius 3 is 2.41 bits per heavy atom. The van der Waals surface area contributed by atoms with Gasteiger partial charge in [-0.3, -0.25) is 9.59 Å². The molecule has 6 nitrogen and oxygen atoms in total. The summed E-state index contributed by atoms with van der Waals surface area (Å²) in [6, 6.07) is 19.0. The van der Waals surface area contributed by atoms with Crippen molar-refractivity contribution in [2.24, 2.45) is 5.92 Å². The van der Waals surface area contributed by atoms with Crippen molar-refractivity contribution >= 4 is 33.2 Å². The molecule has 1 saturated carbocycles. The van der Waals surface area contributed by atoms with E-state index < -0.39 is 15.9 Å². The van der Waals surface area contributed by atoms with Crippen LogP contribution in [0.4, 0.5) is 0 Å². The van der Waals surface area contributed by atoms with E-state index in [2.05, 4.69) is 4.72 Å². The standard InChI is InChI=1S/C29H28ClNO5S/c1-36-24-10-5-18(6-11-24)28-27(32)17-21(29(28)33)15-19-3-2-4-20-16-23(9-14-26(19)20)31-37(34,35)25-12-7-22(30)8-13-25/h2-8,10-13,21,23,28,31H,9,14-17H2,1H3. The Hall–Kier alpha value is -3.00. The summed E-state index contributed by atoms with van der Waals surface area (Å²) in [6.07, 6.45) is 2.69. The second kappa shape index (κ2) is 10.4. The Labute approximate surface area is 222 Å². The van der Waals surface area contributed by atoms with E-state index in [0.29, 0.717) is 42.0 Å². The summed E-state index contributed by atoms with van der Waals surface area (Å²) in [5, 5.41) is 0.482. The first-order valence-corrected chi connectivity index (χ1v) is 14.2. The zero-order valence-corrected chi connectivity index (χ0v) is 22.0. The zero-order valence-electron chi connectivity index (χ0n) is 20.4. The van der Waals surface area contributed by atoms with Gasteiger partial charge in [-0.2, -0.15) is 0 Å². The first-order chi connectivity index (χ1) is 17.7. The fourth-order valence-corrected chi connectivity index (χ4v) is 6.92. The smallest absolute Gasteiger partial charge is 0.240 e. The van der Waals surface area contributed by atoms with E-state index in [1.807, 2.05) is 18.2 Å². The predicted molar refractivity (Wildman–Crippen MR) is 142 cm³/mol. The van der Waals surface area contributed by atoms with Crippen molar-refractivity contribution in [2.75, 3.05) is 7.11 Å². The number of Topliss-reactive ketones (excluding diaryl/α,β-unsaturated/α-hetero) is 2. The van der Waals surface area contributed by atoms with Gasteiger partial charge in [0.1, 0.15) is 17.5 Å². The van der Waals surface area contributed by atoms with Gasteiger partial charge in [-0.25, -0.2) is 13.1 Å². The summed E-state index contributed by atoms with van der Waals surface area (Å²) in [5.74, 6) is -0.462. The minimum absolute atomic E-state index is 0.0304. The van der Waals surface area contributed by atoms with Crippen LogP contribution < -0.4 is 9.46 Å². The Bertz CT molecular complexity index is 1430. The summed E-state index contributed by atoms with van der Waals surface area (Å²) in [5.41, 5.74) is 4.02. The number of rotatable bonds is 7. The highest BCUT2D eigenvalue weighted by atomic mass is 35.5. The van der Waals surface area contributed by atoms with Gasteiger partial charge >= 0.3 is 0 Å². The molecule has 0 bridgehead atoms. The summed E-state index contributed by atoms with van der Waals surface area (Å²) < 4.78 is 33.7. The fraction of sp³-hybridized carbons (Fsp3) is 0.310. The molecule has 3 atom stereocenters. The molecule has 5 rings (SSSR count). The number of fused-ring (bicyclic) bond motifs is 1.